The molecular weight excluding hydrogens is 302 g/mol. The van der Waals surface area contributed by atoms with Gasteiger partial charge in [-0.15, -0.1) is 0 Å². The SMILES string of the molecule is Cc1nn(C)c(Sc2cccc(Cl)c2)c1CNCC(C)C. The van der Waals surface area contributed by atoms with E-state index in [0.29, 0.717) is 5.92 Å². The van der Waals surface area contributed by atoms with Gasteiger partial charge >= 0.3 is 0 Å². The maximum atomic E-state index is 6.07. The van der Waals surface area contributed by atoms with Gasteiger partial charge in [0.15, 0.2) is 0 Å². The summed E-state index contributed by atoms with van der Waals surface area (Å²) in [5.74, 6) is 0.644. The van der Waals surface area contributed by atoms with Crippen molar-refractivity contribution in [3.63, 3.8) is 0 Å². The first kappa shape index (κ1) is 16.4. The van der Waals surface area contributed by atoms with Gasteiger partial charge in [0, 0.05) is 29.1 Å². The Hall–Kier alpha value is -0.970. The Bertz CT molecular complexity index is 608. The molecule has 0 bridgehead atoms. The molecule has 0 unspecified atom stereocenters. The molecule has 0 spiro atoms. The third kappa shape index (κ3) is 4.50. The number of aromatic nitrogens is 2. The van der Waals surface area contributed by atoms with Crippen molar-refractivity contribution in [2.75, 3.05) is 6.54 Å². The van der Waals surface area contributed by atoms with Gasteiger partial charge in [-0.3, -0.25) is 4.68 Å². The summed E-state index contributed by atoms with van der Waals surface area (Å²) >= 11 is 7.78. The number of benzene rings is 1. The third-order valence-electron chi connectivity index (χ3n) is 3.15. The topological polar surface area (TPSA) is 29.9 Å². The van der Waals surface area contributed by atoms with Crippen molar-refractivity contribution in [1.29, 1.82) is 0 Å². The van der Waals surface area contributed by atoms with Crippen LogP contribution in [-0.2, 0) is 13.6 Å². The lowest BCUT2D eigenvalue weighted by atomic mass is 10.2. The van der Waals surface area contributed by atoms with Crippen molar-refractivity contribution in [1.82, 2.24) is 15.1 Å². The zero-order valence-electron chi connectivity index (χ0n) is 13.0. The van der Waals surface area contributed by atoms with Crippen molar-refractivity contribution >= 4 is 23.4 Å². The van der Waals surface area contributed by atoms with Gasteiger partial charge in [-0.25, -0.2) is 0 Å². The molecule has 2 rings (SSSR count). The Kier molecular flexibility index (Phi) is 5.73. The maximum Gasteiger partial charge on any atom is 0.103 e. The first-order chi connectivity index (χ1) is 9.97. The van der Waals surface area contributed by atoms with Crippen LogP contribution in [0.1, 0.15) is 25.1 Å². The molecule has 1 heterocycles. The Morgan fingerprint density at radius 1 is 1.38 bits per heavy atom. The fourth-order valence-corrected chi connectivity index (χ4v) is 3.47. The van der Waals surface area contributed by atoms with Gasteiger partial charge < -0.3 is 5.32 Å². The molecule has 5 heteroatoms. The Balaban J connectivity index is 2.18. The summed E-state index contributed by atoms with van der Waals surface area (Å²) in [7, 11) is 1.99. The molecule has 0 saturated heterocycles. The monoisotopic (exact) mass is 323 g/mol. The van der Waals surface area contributed by atoms with E-state index in [4.69, 9.17) is 11.6 Å². The van der Waals surface area contributed by atoms with E-state index in [2.05, 4.69) is 37.3 Å². The molecule has 0 radical (unpaired) electrons. The molecule has 2 aromatic rings. The van der Waals surface area contributed by atoms with Gasteiger partial charge in [0.2, 0.25) is 0 Å². The molecule has 0 atom stereocenters. The first-order valence-corrected chi connectivity index (χ1v) is 8.33. The van der Waals surface area contributed by atoms with Gasteiger partial charge in [0.05, 0.1) is 5.69 Å². The van der Waals surface area contributed by atoms with E-state index in [-0.39, 0.29) is 0 Å². The summed E-state index contributed by atoms with van der Waals surface area (Å²) in [6.07, 6.45) is 0. The van der Waals surface area contributed by atoms with Crippen LogP contribution in [-0.4, -0.2) is 16.3 Å². The fraction of sp³-hybridized carbons (Fsp3) is 0.438. The van der Waals surface area contributed by atoms with Crippen molar-refractivity contribution in [3.8, 4) is 0 Å². The maximum absolute atomic E-state index is 6.07. The normalized spacial score (nSPS) is 11.3. The highest BCUT2D eigenvalue weighted by Crippen LogP contribution is 2.32. The second-order valence-corrected chi connectivity index (χ2v) is 7.08. The van der Waals surface area contributed by atoms with Gasteiger partial charge in [0.1, 0.15) is 5.03 Å². The molecule has 3 nitrogen and oxygen atoms in total. The number of hydrogen-bond acceptors (Lipinski definition) is 3. The lowest BCUT2D eigenvalue weighted by Crippen LogP contribution is -2.19. The second kappa shape index (κ2) is 7.34. The van der Waals surface area contributed by atoms with Gasteiger partial charge in [-0.2, -0.15) is 5.10 Å². The van der Waals surface area contributed by atoms with E-state index >= 15 is 0 Å². The van der Waals surface area contributed by atoms with Crippen molar-refractivity contribution in [3.05, 3.63) is 40.5 Å². The minimum atomic E-state index is 0.644. The molecule has 0 amide bonds. The van der Waals surface area contributed by atoms with Crippen LogP contribution in [0.5, 0.6) is 0 Å². The number of rotatable bonds is 6. The van der Waals surface area contributed by atoms with Crippen molar-refractivity contribution < 1.29 is 0 Å². The van der Waals surface area contributed by atoms with Crippen LogP contribution in [0.4, 0.5) is 0 Å². The minimum Gasteiger partial charge on any atom is -0.312 e. The third-order valence-corrected chi connectivity index (χ3v) is 4.58. The average molecular weight is 324 g/mol. The van der Waals surface area contributed by atoms with Crippen LogP contribution in [0.25, 0.3) is 0 Å². The molecule has 1 aromatic heterocycles. The van der Waals surface area contributed by atoms with Gasteiger partial charge in [-0.05, 0) is 37.6 Å². The minimum absolute atomic E-state index is 0.644. The van der Waals surface area contributed by atoms with Crippen LogP contribution < -0.4 is 5.32 Å². The van der Waals surface area contributed by atoms with E-state index in [0.717, 1.165) is 28.7 Å². The van der Waals surface area contributed by atoms with E-state index in [9.17, 15) is 0 Å². The van der Waals surface area contributed by atoms with E-state index in [1.54, 1.807) is 11.8 Å². The molecule has 0 fully saturated rings. The highest BCUT2D eigenvalue weighted by atomic mass is 35.5. The van der Waals surface area contributed by atoms with Crippen molar-refractivity contribution in [2.45, 2.75) is 37.2 Å². The lowest BCUT2D eigenvalue weighted by molar-refractivity contribution is 0.548. The molecule has 0 aliphatic carbocycles. The Labute approximate surface area is 136 Å². The van der Waals surface area contributed by atoms with E-state index in [1.165, 1.54) is 10.6 Å². The number of hydrogen-bond donors (Lipinski definition) is 1. The van der Waals surface area contributed by atoms with Crippen LogP contribution in [0.3, 0.4) is 0 Å². The standard InChI is InChI=1S/C16H22ClN3S/c1-11(2)9-18-10-15-12(3)19-20(4)16(15)21-14-7-5-6-13(17)8-14/h5-8,11,18H,9-10H2,1-4H3. The van der Waals surface area contributed by atoms with Crippen LogP contribution in [0.2, 0.25) is 5.02 Å². The highest BCUT2D eigenvalue weighted by molar-refractivity contribution is 7.99. The zero-order valence-corrected chi connectivity index (χ0v) is 14.6. The highest BCUT2D eigenvalue weighted by Gasteiger charge is 2.14. The summed E-state index contributed by atoms with van der Waals surface area (Å²) in [5, 5.41) is 9.98. The smallest absolute Gasteiger partial charge is 0.103 e. The fourth-order valence-electron chi connectivity index (χ4n) is 2.14. The average Bonchev–Trinajstić information content (AvgIpc) is 2.65. The van der Waals surface area contributed by atoms with Crippen molar-refractivity contribution in [2.24, 2.45) is 13.0 Å². The summed E-state index contributed by atoms with van der Waals surface area (Å²) in [5.41, 5.74) is 2.35. The molecule has 1 aromatic carbocycles. The van der Waals surface area contributed by atoms with Crippen LogP contribution >= 0.6 is 23.4 Å². The predicted molar refractivity (Wildman–Crippen MR) is 90.1 cm³/mol. The summed E-state index contributed by atoms with van der Waals surface area (Å²) in [6.45, 7) is 8.35. The molecule has 21 heavy (non-hydrogen) atoms. The van der Waals surface area contributed by atoms with Gasteiger partial charge in [-0.1, -0.05) is 43.3 Å². The number of nitrogens with one attached hydrogen (secondary N) is 1. The second-order valence-electron chi connectivity index (χ2n) is 5.58. The molecule has 0 aliphatic rings. The first-order valence-electron chi connectivity index (χ1n) is 7.14. The molecule has 0 aliphatic heterocycles. The summed E-state index contributed by atoms with van der Waals surface area (Å²) in [4.78, 5) is 1.13. The van der Waals surface area contributed by atoms with E-state index in [1.807, 2.05) is 29.9 Å². The van der Waals surface area contributed by atoms with Crippen LogP contribution in [0.15, 0.2) is 34.2 Å². The Morgan fingerprint density at radius 2 is 2.14 bits per heavy atom. The predicted octanol–water partition coefficient (Wildman–Crippen LogP) is 4.28. The van der Waals surface area contributed by atoms with Crippen LogP contribution in [0, 0.1) is 12.8 Å². The number of nitrogens with zero attached hydrogens (tertiary/aromatic N) is 2. The van der Waals surface area contributed by atoms with E-state index < -0.39 is 0 Å². The molecule has 114 valence electrons. The summed E-state index contributed by atoms with van der Waals surface area (Å²) < 4.78 is 1.95. The number of aryl methyl sites for hydroxylation is 2. The summed E-state index contributed by atoms with van der Waals surface area (Å²) in [6, 6.07) is 7.93. The molecular formula is C16H22ClN3S. The van der Waals surface area contributed by atoms with Gasteiger partial charge in [0.25, 0.3) is 0 Å². The molecule has 1 N–H and O–H groups in total. The quantitative estimate of drug-likeness (QED) is 0.860. The zero-order chi connectivity index (χ0) is 15.4. The number of halogens is 1. The molecule has 0 saturated carbocycles. The largest absolute Gasteiger partial charge is 0.312 e. The Morgan fingerprint density at radius 3 is 2.81 bits per heavy atom. The lowest BCUT2D eigenvalue weighted by Gasteiger charge is -2.10.